The highest BCUT2D eigenvalue weighted by atomic mass is 35.5. The summed E-state index contributed by atoms with van der Waals surface area (Å²) in [5.41, 5.74) is -0.105. The van der Waals surface area contributed by atoms with E-state index in [2.05, 4.69) is 5.32 Å². The third kappa shape index (κ3) is 4.94. The lowest BCUT2D eigenvalue weighted by atomic mass is 10.2. The number of rotatable bonds is 4. The molecule has 1 fully saturated rings. The molecule has 144 valence electrons. The predicted molar refractivity (Wildman–Crippen MR) is 96.7 cm³/mol. The monoisotopic (exact) mass is 406 g/mol. The van der Waals surface area contributed by atoms with Crippen molar-refractivity contribution in [2.45, 2.75) is 26.0 Å². The Hall–Kier alpha value is -1.68. The average molecular weight is 407 g/mol. The van der Waals surface area contributed by atoms with E-state index in [1.165, 1.54) is 18.1 Å². The topological polar surface area (TPSA) is 76.6 Å². The second kappa shape index (κ2) is 8.81. The van der Waals surface area contributed by atoms with Gasteiger partial charge in [0.2, 0.25) is 0 Å². The van der Waals surface area contributed by atoms with Crippen LogP contribution in [0.25, 0.3) is 0 Å². The molecule has 1 aromatic rings. The van der Waals surface area contributed by atoms with E-state index in [1.807, 2.05) is 0 Å². The van der Waals surface area contributed by atoms with Gasteiger partial charge in [-0.05, 0) is 32.1 Å². The van der Waals surface area contributed by atoms with E-state index in [4.69, 9.17) is 33.3 Å². The fourth-order valence-corrected chi connectivity index (χ4v) is 2.86. The van der Waals surface area contributed by atoms with Gasteiger partial charge >= 0.3 is 0 Å². The van der Waals surface area contributed by atoms with Crippen molar-refractivity contribution in [3.63, 3.8) is 0 Å². The second-order valence-electron chi connectivity index (χ2n) is 5.91. The summed E-state index contributed by atoms with van der Waals surface area (Å²) in [6.07, 6.45) is -0.181. The molecule has 0 bridgehead atoms. The Morgan fingerprint density at radius 1 is 1.54 bits per heavy atom. The molecule has 1 atom stereocenters. The van der Waals surface area contributed by atoms with Crippen LogP contribution >= 0.6 is 23.8 Å². The molecule has 1 aliphatic heterocycles. The summed E-state index contributed by atoms with van der Waals surface area (Å²) in [4.78, 5) is 14.1. The Bertz CT molecular complexity index is 691. The highest BCUT2D eigenvalue weighted by Gasteiger charge is 2.37. The number of hydrogen-bond acceptors (Lipinski definition) is 5. The number of ether oxygens (including phenoxy) is 2. The lowest BCUT2D eigenvalue weighted by Crippen LogP contribution is -2.59. The first-order valence-corrected chi connectivity index (χ1v) is 8.67. The lowest BCUT2D eigenvalue weighted by Gasteiger charge is -2.38. The molecule has 0 spiro atoms. The van der Waals surface area contributed by atoms with E-state index in [9.17, 15) is 14.4 Å². The third-order valence-electron chi connectivity index (χ3n) is 3.63. The van der Waals surface area contributed by atoms with Gasteiger partial charge in [-0.2, -0.15) is 0 Å². The van der Waals surface area contributed by atoms with Crippen molar-refractivity contribution in [2.24, 2.45) is 0 Å². The molecule has 1 saturated heterocycles. The van der Waals surface area contributed by atoms with E-state index in [-0.39, 0.29) is 47.5 Å². The molecule has 0 aliphatic carbocycles. The van der Waals surface area contributed by atoms with Gasteiger partial charge in [-0.15, -0.1) is 0 Å². The van der Waals surface area contributed by atoms with Crippen LogP contribution in [0.4, 0.5) is 10.1 Å². The fourth-order valence-electron chi connectivity index (χ4n) is 2.44. The molecule has 0 aromatic heterocycles. The molecule has 10 heteroatoms. The number of morpholine rings is 1. The molecule has 1 unspecified atom stereocenters. The minimum absolute atomic E-state index is 0.0826. The van der Waals surface area contributed by atoms with Crippen LogP contribution in [0.3, 0.4) is 0 Å². The van der Waals surface area contributed by atoms with E-state index < -0.39 is 17.8 Å². The SMILES string of the molecule is COC(=S)N1CC[O+]([O-])CC1C(=O)Nc1cc(OC(C)C)c(Cl)cc1F. The maximum atomic E-state index is 14.2. The smallest absolute Gasteiger partial charge is 0.260 e. The van der Waals surface area contributed by atoms with Crippen molar-refractivity contribution in [2.75, 3.05) is 32.2 Å². The number of carbonyl (C=O) groups excluding carboxylic acids is 1. The summed E-state index contributed by atoms with van der Waals surface area (Å²) in [6, 6.07) is 1.42. The second-order valence-corrected chi connectivity index (χ2v) is 6.66. The zero-order chi connectivity index (χ0) is 19.4. The molecule has 1 heterocycles. The molecule has 1 aliphatic rings. The van der Waals surface area contributed by atoms with Gasteiger partial charge in [-0.25, -0.2) is 4.39 Å². The number of halogens is 2. The van der Waals surface area contributed by atoms with Crippen LogP contribution in [0.2, 0.25) is 5.02 Å². The van der Waals surface area contributed by atoms with Crippen LogP contribution in [-0.2, 0) is 14.0 Å². The maximum absolute atomic E-state index is 14.2. The van der Waals surface area contributed by atoms with Gasteiger partial charge in [-0.3, -0.25) is 4.79 Å². The van der Waals surface area contributed by atoms with E-state index in [0.717, 1.165) is 6.07 Å². The van der Waals surface area contributed by atoms with Crippen LogP contribution < -0.4 is 15.3 Å². The standard InChI is InChI=1S/C16H20ClFN2O5S/c1-9(2)24-14-7-12(11(18)6-10(14)17)19-15(21)13-8-25(22)5-4-20(13)16(26)23-3/h6-7,9,13H,4-5,8H2,1-3H3,(H,19,21). The van der Waals surface area contributed by atoms with Crippen molar-refractivity contribution >= 4 is 40.6 Å². The molecule has 7 nitrogen and oxygen atoms in total. The number of carbonyl (C=O) groups is 1. The average Bonchev–Trinajstić information content (AvgIpc) is 2.57. The van der Waals surface area contributed by atoms with Crippen molar-refractivity contribution in [3.05, 3.63) is 23.0 Å². The van der Waals surface area contributed by atoms with Crippen molar-refractivity contribution < 1.29 is 28.4 Å². The quantitative estimate of drug-likeness (QED) is 0.465. The molecule has 26 heavy (non-hydrogen) atoms. The van der Waals surface area contributed by atoms with E-state index in [0.29, 0.717) is 0 Å². The Balaban J connectivity index is 2.23. The molecule has 1 amide bonds. The number of nitrogens with one attached hydrogen (secondary N) is 1. The number of methoxy groups -OCH3 is 1. The van der Waals surface area contributed by atoms with Gasteiger partial charge in [0.05, 0.1) is 30.5 Å². The molecule has 0 saturated carbocycles. The number of benzene rings is 1. The molecule has 1 aromatic carbocycles. The minimum Gasteiger partial charge on any atom is -0.534 e. The first-order valence-electron chi connectivity index (χ1n) is 7.89. The van der Waals surface area contributed by atoms with E-state index in [1.54, 1.807) is 18.4 Å². The highest BCUT2D eigenvalue weighted by Crippen LogP contribution is 2.31. The first kappa shape index (κ1) is 20.6. The Labute approximate surface area is 161 Å². The Morgan fingerprint density at radius 2 is 2.23 bits per heavy atom. The number of thiocarbonyl (C=S) groups is 1. The zero-order valence-electron chi connectivity index (χ0n) is 14.6. The van der Waals surface area contributed by atoms with Crippen molar-refractivity contribution in [3.8, 4) is 5.75 Å². The van der Waals surface area contributed by atoms with Crippen LogP contribution in [0.15, 0.2) is 12.1 Å². The number of nitrogens with zero attached hydrogens (tertiary/aromatic N) is 1. The summed E-state index contributed by atoms with van der Waals surface area (Å²) in [5, 5.41) is 14.2. The van der Waals surface area contributed by atoms with Gasteiger partial charge in [-0.1, -0.05) is 11.6 Å². The molecular formula is C16H20ClFN2O5S. The molecule has 2 rings (SSSR count). The lowest BCUT2D eigenvalue weighted by molar-refractivity contribution is -0.798. The van der Waals surface area contributed by atoms with Crippen molar-refractivity contribution in [1.82, 2.24) is 4.90 Å². The number of amides is 1. The van der Waals surface area contributed by atoms with Crippen LogP contribution in [0.1, 0.15) is 13.8 Å². The Morgan fingerprint density at radius 3 is 2.85 bits per heavy atom. The molecule has 1 N–H and O–H groups in total. The summed E-state index contributed by atoms with van der Waals surface area (Å²) in [5.74, 6) is -1.08. The van der Waals surface area contributed by atoms with Crippen molar-refractivity contribution in [1.29, 1.82) is 0 Å². The van der Waals surface area contributed by atoms with Crippen LogP contribution in [-0.4, -0.2) is 55.0 Å². The summed E-state index contributed by atoms with van der Waals surface area (Å²) < 4.78 is 26.3. The summed E-state index contributed by atoms with van der Waals surface area (Å²) in [7, 11) is 1.38. The third-order valence-corrected chi connectivity index (χ3v) is 4.33. The van der Waals surface area contributed by atoms with Gasteiger partial charge < -0.3 is 29.5 Å². The van der Waals surface area contributed by atoms with Gasteiger partial charge in [0, 0.05) is 6.07 Å². The number of anilines is 1. The number of hydrogen-bond donors (Lipinski definition) is 1. The van der Waals surface area contributed by atoms with Gasteiger partial charge in [0.15, 0.2) is 19.3 Å². The van der Waals surface area contributed by atoms with Crippen LogP contribution in [0.5, 0.6) is 5.75 Å². The van der Waals surface area contributed by atoms with E-state index >= 15 is 0 Å². The normalized spacial score (nSPS) is 18.0. The molecule has 0 radical (unpaired) electrons. The summed E-state index contributed by atoms with van der Waals surface area (Å²) in [6.45, 7) is 3.70. The fraction of sp³-hybridized carbons (Fsp3) is 0.500. The first-order chi connectivity index (χ1) is 12.2. The van der Waals surface area contributed by atoms with Gasteiger partial charge in [0.25, 0.3) is 11.1 Å². The highest BCUT2D eigenvalue weighted by molar-refractivity contribution is 7.80. The minimum atomic E-state index is -0.941. The summed E-state index contributed by atoms with van der Waals surface area (Å²) >= 11 is 11.0. The predicted octanol–water partition coefficient (Wildman–Crippen LogP) is 1.65. The molecular weight excluding hydrogens is 387 g/mol. The Kier molecular flexibility index (Phi) is 6.99. The maximum Gasteiger partial charge on any atom is 0.260 e. The van der Waals surface area contributed by atoms with Gasteiger partial charge in [0.1, 0.15) is 11.6 Å². The van der Waals surface area contributed by atoms with Crippen LogP contribution in [0, 0.1) is 5.82 Å². The zero-order valence-corrected chi connectivity index (χ0v) is 16.2. The largest absolute Gasteiger partial charge is 0.534 e.